The van der Waals surface area contributed by atoms with E-state index in [-0.39, 0.29) is 0 Å². The van der Waals surface area contributed by atoms with E-state index < -0.39 is 5.97 Å². The highest BCUT2D eigenvalue weighted by Gasteiger charge is 2.21. The van der Waals surface area contributed by atoms with E-state index in [0.29, 0.717) is 28.7 Å². The molecule has 122 valence electrons. The predicted molar refractivity (Wildman–Crippen MR) is 97.1 cm³/mol. The van der Waals surface area contributed by atoms with Gasteiger partial charge in [0, 0.05) is 10.6 Å². The minimum absolute atomic E-state index is 0.372. The average molecular weight is 407 g/mol. The van der Waals surface area contributed by atoms with Crippen LogP contribution in [0.25, 0.3) is 6.08 Å². The largest absolute Gasteiger partial charge is 0.488 e. The van der Waals surface area contributed by atoms with Crippen LogP contribution < -0.4 is 4.74 Å². The lowest BCUT2D eigenvalue weighted by atomic mass is 10.1. The van der Waals surface area contributed by atoms with E-state index in [2.05, 4.69) is 25.9 Å². The molecule has 1 aliphatic rings. The number of hydrogen-bond donors (Lipinski definition) is 0. The number of hydrogen-bond acceptors (Lipinski definition) is 4. The summed E-state index contributed by atoms with van der Waals surface area (Å²) in [5.41, 5.74) is 2.77. The number of nitrogens with zero attached hydrogens (tertiary/aromatic N) is 1. The Labute approximate surface area is 152 Å². The first kappa shape index (κ1) is 16.7. The van der Waals surface area contributed by atoms with Gasteiger partial charge in [-0.05, 0) is 52.7 Å². The van der Waals surface area contributed by atoms with Crippen molar-refractivity contribution in [3.05, 3.63) is 68.7 Å². The molecule has 0 amide bonds. The zero-order valence-corrected chi connectivity index (χ0v) is 15.1. The molecule has 24 heavy (non-hydrogen) atoms. The standard InChI is InChI=1S/C18H13BrClNO3/c1-11-14(18(22)24-21-11)8-12-6-7-17(15(19)9-12)23-10-13-4-2-3-5-16(13)20/h2-9H,10H2,1H3/b14-8+. The van der Waals surface area contributed by atoms with Crippen LogP contribution in [-0.4, -0.2) is 11.7 Å². The summed E-state index contributed by atoms with van der Waals surface area (Å²) in [6, 6.07) is 13.1. The summed E-state index contributed by atoms with van der Waals surface area (Å²) < 4.78 is 6.59. The molecule has 0 radical (unpaired) electrons. The van der Waals surface area contributed by atoms with Crippen molar-refractivity contribution in [3.8, 4) is 5.75 Å². The van der Waals surface area contributed by atoms with Crippen molar-refractivity contribution in [1.29, 1.82) is 0 Å². The molecule has 3 rings (SSSR count). The van der Waals surface area contributed by atoms with E-state index in [0.717, 1.165) is 15.6 Å². The molecule has 1 heterocycles. The second kappa shape index (κ2) is 7.20. The molecule has 6 heteroatoms. The zero-order valence-electron chi connectivity index (χ0n) is 12.8. The summed E-state index contributed by atoms with van der Waals surface area (Å²) in [4.78, 5) is 16.2. The molecule has 0 aliphatic carbocycles. The third kappa shape index (κ3) is 3.68. The van der Waals surface area contributed by atoms with E-state index in [1.807, 2.05) is 42.5 Å². The highest BCUT2D eigenvalue weighted by molar-refractivity contribution is 9.10. The first-order chi connectivity index (χ1) is 11.5. The van der Waals surface area contributed by atoms with Gasteiger partial charge in [-0.2, -0.15) is 0 Å². The predicted octanol–water partition coefficient (Wildman–Crippen LogP) is 5.00. The molecule has 0 saturated carbocycles. The van der Waals surface area contributed by atoms with Gasteiger partial charge in [0.15, 0.2) is 0 Å². The van der Waals surface area contributed by atoms with Crippen LogP contribution in [0, 0.1) is 0 Å². The normalized spacial score (nSPS) is 15.4. The topological polar surface area (TPSA) is 47.9 Å². The third-order valence-electron chi connectivity index (χ3n) is 3.48. The minimum atomic E-state index is -0.442. The number of halogens is 2. The summed E-state index contributed by atoms with van der Waals surface area (Å²) in [6.07, 6.45) is 1.73. The monoisotopic (exact) mass is 405 g/mol. The first-order valence-electron chi connectivity index (χ1n) is 7.18. The number of ether oxygens (including phenoxy) is 1. The van der Waals surface area contributed by atoms with E-state index in [1.165, 1.54) is 0 Å². The molecule has 0 atom stereocenters. The fraction of sp³-hybridized carbons (Fsp3) is 0.111. The fourth-order valence-corrected chi connectivity index (χ4v) is 2.88. The Bertz CT molecular complexity index is 861. The minimum Gasteiger partial charge on any atom is -0.488 e. The van der Waals surface area contributed by atoms with Crippen molar-refractivity contribution in [2.75, 3.05) is 0 Å². The van der Waals surface area contributed by atoms with E-state index >= 15 is 0 Å². The summed E-state index contributed by atoms with van der Waals surface area (Å²) in [5.74, 6) is 0.249. The number of carbonyl (C=O) groups is 1. The highest BCUT2D eigenvalue weighted by atomic mass is 79.9. The van der Waals surface area contributed by atoms with Gasteiger partial charge in [-0.3, -0.25) is 0 Å². The molecule has 0 unspecified atom stereocenters. The molecule has 0 fully saturated rings. The zero-order chi connectivity index (χ0) is 17.1. The van der Waals surface area contributed by atoms with Gasteiger partial charge < -0.3 is 9.57 Å². The quantitative estimate of drug-likeness (QED) is 0.530. The van der Waals surface area contributed by atoms with Gasteiger partial charge in [-0.1, -0.05) is 41.0 Å². The van der Waals surface area contributed by atoms with Crippen molar-refractivity contribution in [2.45, 2.75) is 13.5 Å². The third-order valence-corrected chi connectivity index (χ3v) is 4.47. The van der Waals surface area contributed by atoms with Crippen LogP contribution in [-0.2, 0) is 16.2 Å². The maximum absolute atomic E-state index is 11.6. The fourth-order valence-electron chi connectivity index (χ4n) is 2.18. The Morgan fingerprint density at radius 1 is 1.29 bits per heavy atom. The molecule has 0 aromatic heterocycles. The Kier molecular flexibility index (Phi) is 5.02. The molecule has 0 saturated heterocycles. The Morgan fingerprint density at radius 2 is 2.08 bits per heavy atom. The van der Waals surface area contributed by atoms with E-state index in [9.17, 15) is 4.79 Å². The van der Waals surface area contributed by atoms with Crippen LogP contribution in [0.2, 0.25) is 5.02 Å². The Morgan fingerprint density at radius 3 is 2.75 bits per heavy atom. The molecule has 2 aromatic carbocycles. The molecular weight excluding hydrogens is 394 g/mol. The average Bonchev–Trinajstić information content (AvgIpc) is 2.87. The second-order valence-corrected chi connectivity index (χ2v) is 6.44. The van der Waals surface area contributed by atoms with Crippen LogP contribution in [0.5, 0.6) is 5.75 Å². The molecule has 0 spiro atoms. The van der Waals surface area contributed by atoms with Crippen LogP contribution in [0.3, 0.4) is 0 Å². The summed E-state index contributed by atoms with van der Waals surface area (Å²) in [5, 5.41) is 4.33. The lowest BCUT2D eigenvalue weighted by Gasteiger charge is -2.10. The molecule has 0 bridgehead atoms. The number of rotatable bonds is 4. The molecule has 2 aromatic rings. The molecule has 4 nitrogen and oxygen atoms in total. The van der Waals surface area contributed by atoms with E-state index in [4.69, 9.17) is 16.3 Å². The lowest BCUT2D eigenvalue weighted by Crippen LogP contribution is -2.01. The van der Waals surface area contributed by atoms with Gasteiger partial charge in [0.2, 0.25) is 0 Å². The lowest BCUT2D eigenvalue weighted by molar-refractivity contribution is -0.136. The maximum atomic E-state index is 11.6. The van der Waals surface area contributed by atoms with Crippen molar-refractivity contribution in [2.24, 2.45) is 5.16 Å². The highest BCUT2D eigenvalue weighted by Crippen LogP contribution is 2.29. The Balaban J connectivity index is 1.76. The van der Waals surface area contributed by atoms with Crippen molar-refractivity contribution in [1.82, 2.24) is 0 Å². The van der Waals surface area contributed by atoms with Crippen molar-refractivity contribution < 1.29 is 14.4 Å². The van der Waals surface area contributed by atoms with E-state index in [1.54, 1.807) is 13.0 Å². The van der Waals surface area contributed by atoms with Crippen LogP contribution in [0.1, 0.15) is 18.1 Å². The van der Waals surface area contributed by atoms with Gasteiger partial charge >= 0.3 is 5.97 Å². The van der Waals surface area contributed by atoms with Gasteiger partial charge in [0.05, 0.1) is 15.8 Å². The van der Waals surface area contributed by atoms with Crippen molar-refractivity contribution >= 4 is 45.3 Å². The van der Waals surface area contributed by atoms with Crippen LogP contribution >= 0.6 is 27.5 Å². The maximum Gasteiger partial charge on any atom is 0.367 e. The van der Waals surface area contributed by atoms with Gasteiger partial charge in [-0.25, -0.2) is 4.79 Å². The van der Waals surface area contributed by atoms with Crippen LogP contribution in [0.4, 0.5) is 0 Å². The number of oxime groups is 1. The van der Waals surface area contributed by atoms with Crippen LogP contribution in [0.15, 0.2) is 57.7 Å². The van der Waals surface area contributed by atoms with Gasteiger partial charge in [0.1, 0.15) is 12.4 Å². The summed E-state index contributed by atoms with van der Waals surface area (Å²) >= 11 is 9.61. The summed E-state index contributed by atoms with van der Waals surface area (Å²) in [6.45, 7) is 2.10. The first-order valence-corrected chi connectivity index (χ1v) is 8.35. The number of benzene rings is 2. The second-order valence-electron chi connectivity index (χ2n) is 5.18. The summed E-state index contributed by atoms with van der Waals surface area (Å²) in [7, 11) is 0. The van der Waals surface area contributed by atoms with Gasteiger partial charge in [0.25, 0.3) is 0 Å². The molecular formula is C18H13BrClNO3. The SMILES string of the molecule is CC1=NOC(=O)/C1=C/c1ccc(OCc2ccccc2Cl)c(Br)c1. The number of carbonyl (C=O) groups excluding carboxylic acids is 1. The smallest absolute Gasteiger partial charge is 0.367 e. The Hall–Kier alpha value is -2.11. The molecule has 0 N–H and O–H groups in total. The van der Waals surface area contributed by atoms with Crippen molar-refractivity contribution in [3.63, 3.8) is 0 Å². The molecule has 1 aliphatic heterocycles. The van der Waals surface area contributed by atoms with Gasteiger partial charge in [-0.15, -0.1) is 0 Å².